The van der Waals surface area contributed by atoms with Crippen LogP contribution < -0.4 is 9.46 Å². The fourth-order valence-electron chi connectivity index (χ4n) is 5.46. The molecular weight excluding hydrogens is 715 g/mol. The average molecular weight is 746 g/mol. The number of halogens is 4. The summed E-state index contributed by atoms with van der Waals surface area (Å²) in [4.78, 5) is 5.19. The molecule has 0 spiro atoms. The lowest BCUT2D eigenvalue weighted by Crippen LogP contribution is -2.14. The third kappa shape index (κ3) is 7.08. The first-order valence-electron chi connectivity index (χ1n) is 15.2. The van der Waals surface area contributed by atoms with Gasteiger partial charge in [-0.25, -0.2) is 8.42 Å². The van der Waals surface area contributed by atoms with Crippen molar-refractivity contribution in [1.29, 1.82) is 0 Å². The zero-order chi connectivity index (χ0) is 36.0. The molecular formula is C34H31ClF3N5O5S2. The van der Waals surface area contributed by atoms with Gasteiger partial charge >= 0.3 is 6.18 Å². The van der Waals surface area contributed by atoms with Crippen molar-refractivity contribution < 1.29 is 35.6 Å². The monoisotopic (exact) mass is 745 g/mol. The number of anilines is 1. The highest BCUT2D eigenvalue weighted by Crippen LogP contribution is 2.42. The number of sulfonamides is 1. The molecule has 0 atom stereocenters. The molecule has 0 saturated carbocycles. The number of ether oxygens (including phenoxy) is 2. The fraction of sp³-hybridized carbons (Fsp3) is 0.265. The normalized spacial score (nSPS) is 12.2. The molecule has 0 amide bonds. The van der Waals surface area contributed by atoms with Crippen LogP contribution in [0, 0.1) is 27.7 Å². The molecule has 0 saturated heterocycles. The number of nitrogens with one attached hydrogen (secondary N) is 1. The highest BCUT2D eigenvalue weighted by Gasteiger charge is 2.38. The van der Waals surface area contributed by atoms with Gasteiger partial charge in [-0.15, -0.1) is 11.3 Å². The number of methoxy groups -OCH3 is 1. The van der Waals surface area contributed by atoms with Gasteiger partial charge in [0.25, 0.3) is 10.0 Å². The Kier molecular flexibility index (Phi) is 9.70. The van der Waals surface area contributed by atoms with Crippen molar-refractivity contribution in [1.82, 2.24) is 19.9 Å². The zero-order valence-corrected chi connectivity index (χ0v) is 29.9. The number of nitrogens with zero attached hydrogens (tertiary/aromatic N) is 4. The van der Waals surface area contributed by atoms with Crippen molar-refractivity contribution in [2.75, 3.05) is 25.0 Å². The number of benzene rings is 2. The van der Waals surface area contributed by atoms with Crippen LogP contribution in [0.25, 0.3) is 33.3 Å². The predicted octanol–water partition coefficient (Wildman–Crippen LogP) is 8.59. The second-order valence-corrected chi connectivity index (χ2v) is 15.1. The van der Waals surface area contributed by atoms with Crippen LogP contribution in [0.15, 0.2) is 63.3 Å². The van der Waals surface area contributed by atoms with Gasteiger partial charge in [-0.3, -0.25) is 14.4 Å². The maximum Gasteiger partial charge on any atom is 0.435 e. The highest BCUT2D eigenvalue weighted by atomic mass is 35.5. The first-order chi connectivity index (χ1) is 23.7. The van der Waals surface area contributed by atoms with E-state index in [1.165, 1.54) is 11.8 Å². The van der Waals surface area contributed by atoms with E-state index >= 15 is 0 Å². The Balaban J connectivity index is 1.45. The summed E-state index contributed by atoms with van der Waals surface area (Å²) in [6.07, 6.45) is -4.78. The molecule has 0 aliphatic heterocycles. The maximum absolute atomic E-state index is 14.5. The number of hydrogen-bond acceptors (Lipinski definition) is 9. The molecule has 10 nitrogen and oxygen atoms in total. The number of aryl methyl sites for hydroxylation is 3. The van der Waals surface area contributed by atoms with Crippen LogP contribution in [0.5, 0.6) is 5.75 Å². The Labute approximate surface area is 294 Å². The molecule has 4 aromatic heterocycles. The second kappa shape index (κ2) is 13.7. The van der Waals surface area contributed by atoms with E-state index in [0.29, 0.717) is 50.0 Å². The minimum Gasteiger partial charge on any atom is -0.491 e. The summed E-state index contributed by atoms with van der Waals surface area (Å²) in [6.45, 7) is 7.16. The smallest absolute Gasteiger partial charge is 0.435 e. The van der Waals surface area contributed by atoms with Gasteiger partial charge in [0.1, 0.15) is 22.3 Å². The van der Waals surface area contributed by atoms with E-state index in [9.17, 15) is 21.6 Å². The number of thiophene rings is 1. The van der Waals surface area contributed by atoms with Gasteiger partial charge in [0, 0.05) is 45.0 Å². The Bertz CT molecular complexity index is 2330. The summed E-state index contributed by atoms with van der Waals surface area (Å²) in [5, 5.41) is 8.10. The van der Waals surface area contributed by atoms with E-state index in [1.807, 2.05) is 0 Å². The summed E-state index contributed by atoms with van der Waals surface area (Å²) >= 11 is 7.27. The molecule has 0 aliphatic carbocycles. The molecule has 2 aromatic carbocycles. The summed E-state index contributed by atoms with van der Waals surface area (Å²) < 4.78 is 91.1. The summed E-state index contributed by atoms with van der Waals surface area (Å²) in [6, 6.07) is 14.8. The molecule has 0 unspecified atom stereocenters. The fourth-order valence-corrected chi connectivity index (χ4v) is 8.36. The van der Waals surface area contributed by atoms with Crippen LogP contribution in [0.4, 0.5) is 19.0 Å². The molecule has 262 valence electrons. The van der Waals surface area contributed by atoms with Crippen molar-refractivity contribution in [3.63, 3.8) is 0 Å². The van der Waals surface area contributed by atoms with Crippen LogP contribution in [-0.2, 0) is 27.5 Å². The van der Waals surface area contributed by atoms with Crippen molar-refractivity contribution >= 4 is 49.7 Å². The SMILES string of the molecule is COCCOc1cc(Cn2nc(C(F)(F)F)c3c(-c4cccc(Cl)c4)nc(C)cc32)ccc1-c1cc(C)sc1S(=O)(=O)Nc1noc(C)c1C. The molecule has 1 N–H and O–H groups in total. The lowest BCUT2D eigenvalue weighted by molar-refractivity contribution is -0.140. The van der Waals surface area contributed by atoms with Crippen LogP contribution >= 0.6 is 22.9 Å². The number of rotatable bonds is 11. The molecule has 16 heteroatoms. The van der Waals surface area contributed by atoms with Crippen molar-refractivity contribution in [2.24, 2.45) is 0 Å². The Hall–Kier alpha value is -4.44. The van der Waals surface area contributed by atoms with Gasteiger partial charge in [-0.1, -0.05) is 41.0 Å². The number of pyridine rings is 1. The molecule has 0 bridgehead atoms. The van der Waals surface area contributed by atoms with Crippen LogP contribution in [-0.4, -0.2) is 48.7 Å². The van der Waals surface area contributed by atoms with Gasteiger partial charge in [0.05, 0.1) is 29.7 Å². The maximum atomic E-state index is 14.5. The molecule has 50 heavy (non-hydrogen) atoms. The van der Waals surface area contributed by atoms with E-state index < -0.39 is 21.9 Å². The first-order valence-corrected chi connectivity index (χ1v) is 17.9. The van der Waals surface area contributed by atoms with Crippen LogP contribution in [0.2, 0.25) is 5.02 Å². The lowest BCUT2D eigenvalue weighted by atomic mass is 10.0. The van der Waals surface area contributed by atoms with Gasteiger partial charge in [0.2, 0.25) is 0 Å². The number of fused-ring (bicyclic) bond motifs is 1. The highest BCUT2D eigenvalue weighted by molar-refractivity contribution is 7.94. The number of alkyl halides is 3. The molecule has 6 rings (SSSR count). The van der Waals surface area contributed by atoms with E-state index in [2.05, 4.69) is 20.0 Å². The Morgan fingerprint density at radius 1 is 1.02 bits per heavy atom. The van der Waals surface area contributed by atoms with Crippen LogP contribution in [0.1, 0.15) is 33.2 Å². The van der Waals surface area contributed by atoms with E-state index in [1.54, 1.807) is 82.3 Å². The summed E-state index contributed by atoms with van der Waals surface area (Å²) in [7, 11) is -2.60. The third-order valence-corrected chi connectivity index (χ3v) is 11.1. The van der Waals surface area contributed by atoms with Crippen molar-refractivity contribution in [3.05, 3.63) is 92.8 Å². The predicted molar refractivity (Wildman–Crippen MR) is 185 cm³/mol. The Morgan fingerprint density at radius 2 is 1.80 bits per heavy atom. The van der Waals surface area contributed by atoms with Crippen molar-refractivity contribution in [3.8, 4) is 28.1 Å². The van der Waals surface area contributed by atoms with E-state index in [4.69, 9.17) is 25.6 Å². The molecule has 0 radical (unpaired) electrons. The average Bonchev–Trinajstić information content (AvgIpc) is 3.72. The summed E-state index contributed by atoms with van der Waals surface area (Å²) in [5.41, 5.74) is 2.16. The van der Waals surface area contributed by atoms with Gasteiger partial charge in [-0.05, 0) is 63.6 Å². The third-order valence-electron chi connectivity index (χ3n) is 7.90. The number of hydrogen-bond donors (Lipinski definition) is 1. The minimum atomic E-state index is -4.78. The van der Waals surface area contributed by atoms with E-state index in [0.717, 1.165) is 16.2 Å². The first kappa shape index (κ1) is 35.4. The molecule has 0 aliphatic rings. The molecule has 0 fully saturated rings. The quantitative estimate of drug-likeness (QED) is 0.131. The minimum absolute atomic E-state index is 0.0313. The molecule has 6 aromatic rings. The van der Waals surface area contributed by atoms with E-state index in [-0.39, 0.29) is 46.4 Å². The second-order valence-electron chi connectivity index (χ2n) is 11.6. The standard InChI is InChI=1S/C34H31ClF3N5O5S2/c1-18-13-27-29(30(39-18)23-7-6-8-24(35)16-23)31(34(36,37)38)40-43(27)17-22-9-10-25(28(15-22)47-12-11-46-5)26-14-19(2)49-33(26)50(44,45)42-32-20(3)21(4)48-41-32/h6-10,13-16H,11-12,17H2,1-5H3,(H,41,42). The largest absolute Gasteiger partial charge is 0.491 e. The molecule has 4 heterocycles. The Morgan fingerprint density at radius 3 is 2.48 bits per heavy atom. The van der Waals surface area contributed by atoms with Crippen molar-refractivity contribution in [2.45, 2.75) is 44.6 Å². The topological polar surface area (TPSA) is 121 Å². The summed E-state index contributed by atoms with van der Waals surface area (Å²) in [5.74, 6) is 0.876. The van der Waals surface area contributed by atoms with Gasteiger partial charge in [-0.2, -0.15) is 18.3 Å². The van der Waals surface area contributed by atoms with Crippen LogP contribution in [0.3, 0.4) is 0 Å². The van der Waals surface area contributed by atoms with Gasteiger partial charge < -0.3 is 14.0 Å². The van der Waals surface area contributed by atoms with Gasteiger partial charge in [0.15, 0.2) is 11.5 Å². The zero-order valence-electron chi connectivity index (χ0n) is 27.5. The number of aromatic nitrogens is 4. The lowest BCUT2D eigenvalue weighted by Gasteiger charge is -2.15.